The first-order chi connectivity index (χ1) is 10.9. The number of halogens is 4. The van der Waals surface area contributed by atoms with Gasteiger partial charge in [0.25, 0.3) is 5.91 Å². The van der Waals surface area contributed by atoms with Gasteiger partial charge in [-0.05, 0) is 48.6 Å². The zero-order valence-corrected chi connectivity index (χ0v) is 14.4. The number of benzene rings is 2. The summed E-state index contributed by atoms with van der Waals surface area (Å²) in [4.78, 5) is 13.9. The molecule has 1 amide bonds. The topological polar surface area (TPSA) is 32.3 Å². The van der Waals surface area contributed by atoms with E-state index in [1.165, 1.54) is 6.07 Å². The number of nitrogens with zero attached hydrogens (tertiary/aromatic N) is 1. The number of nitrogens with one attached hydrogen (secondary N) is 1. The molecule has 1 atom stereocenters. The van der Waals surface area contributed by atoms with Gasteiger partial charge in [0, 0.05) is 21.3 Å². The summed E-state index contributed by atoms with van der Waals surface area (Å²) in [7, 11) is 0. The van der Waals surface area contributed by atoms with Crippen molar-refractivity contribution in [1.82, 2.24) is 5.32 Å². The Morgan fingerprint density at radius 2 is 1.74 bits per heavy atom. The lowest BCUT2D eigenvalue weighted by Crippen LogP contribution is -2.29. The zero-order chi connectivity index (χ0) is 16.7. The van der Waals surface area contributed by atoms with Gasteiger partial charge < -0.3 is 10.2 Å². The molecule has 1 unspecified atom stereocenters. The van der Waals surface area contributed by atoms with Gasteiger partial charge in [0.1, 0.15) is 11.9 Å². The number of hydrogen-bond donors (Lipinski definition) is 1. The number of hydrogen-bond acceptors (Lipinski definition) is 2. The van der Waals surface area contributed by atoms with E-state index in [0.717, 1.165) is 6.07 Å². The number of anilines is 1. The Bertz CT molecular complexity index is 813. The lowest BCUT2D eigenvalue weighted by Gasteiger charge is -2.24. The van der Waals surface area contributed by atoms with Gasteiger partial charge in [-0.25, -0.2) is 4.39 Å². The van der Waals surface area contributed by atoms with Crippen LogP contribution in [0.5, 0.6) is 0 Å². The number of carbonyl (C=O) groups excluding carboxylic acids is 1. The van der Waals surface area contributed by atoms with Crippen molar-refractivity contribution in [3.8, 4) is 0 Å². The van der Waals surface area contributed by atoms with E-state index in [-0.39, 0.29) is 20.7 Å². The lowest BCUT2D eigenvalue weighted by molar-refractivity contribution is -0.119. The summed E-state index contributed by atoms with van der Waals surface area (Å²) in [5.41, 5.74) is 0.912. The minimum absolute atomic E-state index is 0.113. The first kappa shape index (κ1) is 16.5. The molecule has 1 saturated heterocycles. The van der Waals surface area contributed by atoms with Crippen LogP contribution in [0, 0.1) is 5.82 Å². The first-order valence-electron chi connectivity index (χ1n) is 6.42. The van der Waals surface area contributed by atoms with Gasteiger partial charge in [-0.3, -0.25) is 4.79 Å². The van der Waals surface area contributed by atoms with Crippen LogP contribution >= 0.6 is 47.0 Å². The Labute approximate surface area is 151 Å². The molecule has 23 heavy (non-hydrogen) atoms. The summed E-state index contributed by atoms with van der Waals surface area (Å²) in [6.07, 6.45) is 0. The quantitative estimate of drug-likeness (QED) is 0.594. The van der Waals surface area contributed by atoms with E-state index in [1.54, 1.807) is 29.2 Å². The molecular formula is C15H8Cl3FN2OS. The molecule has 1 aliphatic heterocycles. The van der Waals surface area contributed by atoms with Crippen LogP contribution in [-0.4, -0.2) is 11.0 Å². The standard InChI is InChI=1S/C15H8Cl3FN2OS/c16-7-1-3-8(4-2-7)21-13(14(22)20-15(21)23)9-5-12(19)11(18)6-10(9)17/h1-6,13H,(H,20,22,23). The molecule has 3 rings (SSSR count). The second kappa shape index (κ2) is 6.24. The summed E-state index contributed by atoms with van der Waals surface area (Å²) in [6.45, 7) is 0. The first-order valence-corrected chi connectivity index (χ1v) is 7.97. The van der Waals surface area contributed by atoms with Crippen molar-refractivity contribution in [2.45, 2.75) is 6.04 Å². The van der Waals surface area contributed by atoms with E-state index in [0.29, 0.717) is 10.7 Å². The van der Waals surface area contributed by atoms with Crippen molar-refractivity contribution in [3.05, 3.63) is 62.8 Å². The molecule has 3 nitrogen and oxygen atoms in total. The molecule has 118 valence electrons. The van der Waals surface area contributed by atoms with Crippen molar-refractivity contribution >= 4 is 63.7 Å². The van der Waals surface area contributed by atoms with E-state index in [9.17, 15) is 9.18 Å². The fourth-order valence-electron chi connectivity index (χ4n) is 2.36. The van der Waals surface area contributed by atoms with Crippen molar-refractivity contribution in [1.29, 1.82) is 0 Å². The summed E-state index contributed by atoms with van der Waals surface area (Å²) in [5.74, 6) is -1.05. The molecule has 0 aromatic heterocycles. The van der Waals surface area contributed by atoms with E-state index in [1.807, 2.05) is 0 Å². The number of rotatable bonds is 2. The van der Waals surface area contributed by atoms with E-state index in [2.05, 4.69) is 5.32 Å². The van der Waals surface area contributed by atoms with E-state index >= 15 is 0 Å². The summed E-state index contributed by atoms with van der Waals surface area (Å²) < 4.78 is 13.8. The predicted molar refractivity (Wildman–Crippen MR) is 93.8 cm³/mol. The smallest absolute Gasteiger partial charge is 0.253 e. The highest BCUT2D eigenvalue weighted by Crippen LogP contribution is 2.37. The minimum atomic E-state index is -0.886. The van der Waals surface area contributed by atoms with Crippen LogP contribution in [0.15, 0.2) is 36.4 Å². The van der Waals surface area contributed by atoms with Crippen LogP contribution in [0.2, 0.25) is 15.1 Å². The zero-order valence-electron chi connectivity index (χ0n) is 11.3. The fraction of sp³-hybridized carbons (Fsp3) is 0.0667. The van der Waals surface area contributed by atoms with Gasteiger partial charge in [-0.1, -0.05) is 34.8 Å². The van der Waals surface area contributed by atoms with Crippen LogP contribution in [0.25, 0.3) is 0 Å². The minimum Gasteiger partial charge on any atom is -0.302 e. The van der Waals surface area contributed by atoms with Crippen LogP contribution in [0.3, 0.4) is 0 Å². The average Bonchev–Trinajstić information content (AvgIpc) is 2.78. The average molecular weight is 390 g/mol. The summed E-state index contributed by atoms with van der Waals surface area (Å²) in [5, 5.41) is 3.38. The van der Waals surface area contributed by atoms with Gasteiger partial charge in [-0.15, -0.1) is 0 Å². The van der Waals surface area contributed by atoms with Crippen molar-refractivity contribution < 1.29 is 9.18 Å². The number of carbonyl (C=O) groups is 1. The SMILES string of the molecule is O=C1NC(=S)N(c2ccc(Cl)cc2)C1c1cc(F)c(Cl)cc1Cl. The Balaban J connectivity index is 2.12. The van der Waals surface area contributed by atoms with Crippen molar-refractivity contribution in [2.75, 3.05) is 4.90 Å². The summed E-state index contributed by atoms with van der Waals surface area (Å²) in [6, 6.07) is 8.29. The molecule has 1 N–H and O–H groups in total. The predicted octanol–water partition coefficient (Wildman–Crippen LogP) is 4.75. The largest absolute Gasteiger partial charge is 0.302 e. The molecule has 0 spiro atoms. The van der Waals surface area contributed by atoms with E-state index in [4.69, 9.17) is 47.0 Å². The molecule has 0 saturated carbocycles. The highest BCUT2D eigenvalue weighted by Gasteiger charge is 2.39. The summed E-state index contributed by atoms with van der Waals surface area (Å²) >= 11 is 23.0. The van der Waals surface area contributed by atoms with Crippen LogP contribution in [-0.2, 0) is 4.79 Å². The maximum Gasteiger partial charge on any atom is 0.253 e. The molecule has 8 heteroatoms. The van der Waals surface area contributed by atoms with Gasteiger partial charge in [-0.2, -0.15) is 0 Å². The van der Waals surface area contributed by atoms with Gasteiger partial charge in [0.15, 0.2) is 5.11 Å². The normalized spacial score (nSPS) is 17.6. The Kier molecular flexibility index (Phi) is 4.47. The molecule has 1 aliphatic rings. The molecule has 2 aromatic rings. The Morgan fingerprint density at radius 3 is 2.39 bits per heavy atom. The maximum atomic E-state index is 13.8. The fourth-order valence-corrected chi connectivity index (χ4v) is 3.29. The van der Waals surface area contributed by atoms with Gasteiger partial charge >= 0.3 is 0 Å². The van der Waals surface area contributed by atoms with Crippen LogP contribution in [0.4, 0.5) is 10.1 Å². The second-order valence-electron chi connectivity index (χ2n) is 4.83. The number of amides is 1. The molecule has 0 aliphatic carbocycles. The highest BCUT2D eigenvalue weighted by molar-refractivity contribution is 7.80. The molecular weight excluding hydrogens is 382 g/mol. The van der Waals surface area contributed by atoms with Crippen LogP contribution < -0.4 is 10.2 Å². The van der Waals surface area contributed by atoms with Crippen molar-refractivity contribution in [2.24, 2.45) is 0 Å². The number of thiocarbonyl (C=S) groups is 1. The third kappa shape index (κ3) is 3.02. The Hall–Kier alpha value is -1.40. The third-order valence-electron chi connectivity index (χ3n) is 3.39. The van der Waals surface area contributed by atoms with Gasteiger partial charge in [0.05, 0.1) is 5.02 Å². The second-order valence-corrected chi connectivity index (χ2v) is 6.47. The van der Waals surface area contributed by atoms with Crippen molar-refractivity contribution in [3.63, 3.8) is 0 Å². The molecule has 2 aromatic carbocycles. The Morgan fingerprint density at radius 1 is 1.09 bits per heavy atom. The molecule has 1 fully saturated rings. The lowest BCUT2D eigenvalue weighted by atomic mass is 10.0. The maximum absolute atomic E-state index is 13.8. The van der Waals surface area contributed by atoms with Crippen LogP contribution in [0.1, 0.15) is 11.6 Å². The monoisotopic (exact) mass is 388 g/mol. The molecule has 1 heterocycles. The van der Waals surface area contributed by atoms with Gasteiger partial charge in [0.2, 0.25) is 0 Å². The molecule has 0 radical (unpaired) electrons. The highest BCUT2D eigenvalue weighted by atomic mass is 35.5. The third-order valence-corrected chi connectivity index (χ3v) is 4.56. The molecule has 0 bridgehead atoms. The van der Waals surface area contributed by atoms with E-state index < -0.39 is 17.8 Å².